The number of nitrogens with zero attached hydrogens (tertiary/aromatic N) is 4. The molecule has 0 radical (unpaired) electrons. The largest absolute Gasteiger partial charge is 0.493 e. The second-order valence-electron chi connectivity index (χ2n) is 12.0. The van der Waals surface area contributed by atoms with Crippen molar-refractivity contribution < 1.29 is 23.9 Å². The minimum Gasteiger partial charge on any atom is -0.493 e. The highest BCUT2D eigenvalue weighted by molar-refractivity contribution is 6.05. The van der Waals surface area contributed by atoms with Crippen LogP contribution in [0.2, 0.25) is 0 Å². The van der Waals surface area contributed by atoms with Crippen LogP contribution in [0.4, 0.5) is 0 Å². The van der Waals surface area contributed by atoms with Crippen molar-refractivity contribution in [3.63, 3.8) is 0 Å². The molecule has 224 valence electrons. The summed E-state index contributed by atoms with van der Waals surface area (Å²) in [5, 5.41) is 12.3. The predicted molar refractivity (Wildman–Crippen MR) is 157 cm³/mol. The van der Waals surface area contributed by atoms with Gasteiger partial charge in [-0.05, 0) is 62.8 Å². The monoisotopic (exact) mass is 583 g/mol. The van der Waals surface area contributed by atoms with E-state index in [4.69, 9.17) is 4.74 Å². The molecule has 10 heteroatoms. The first kappa shape index (κ1) is 28.9. The standard InChI is InChI=1S/C33H37N5O5/c34-22-33(23-7-2-1-3-8-23)14-18-37(19-15-33)32(42)27-10-5-16-36(27)17-6-20-43-28-11-4-9-24-25(28)21-38(31(24)41)26-12-13-29(39)35-30(26)40/h1-4,7-9,11,26-27H,5-6,10,12-21H2,(H,35,39,40)/t26?,27-/m1/s1. The first-order valence-electron chi connectivity index (χ1n) is 15.3. The number of hydrogen-bond donors (Lipinski definition) is 1. The van der Waals surface area contributed by atoms with Crippen LogP contribution in [0.5, 0.6) is 5.75 Å². The molecule has 10 nitrogen and oxygen atoms in total. The molecular formula is C33H37N5O5. The fraction of sp³-hybridized carbons (Fsp3) is 0.485. The number of imide groups is 1. The molecule has 2 atom stereocenters. The SMILES string of the molecule is N#CC1(c2ccccc2)CCN(C(=O)[C@H]2CCCN2CCCOc2cccc3c2CN(C2CCC(=O)NC2=O)C3=O)CC1. The summed E-state index contributed by atoms with van der Waals surface area (Å²) in [5.74, 6) is -0.175. The lowest BCUT2D eigenvalue weighted by Crippen LogP contribution is -2.52. The summed E-state index contributed by atoms with van der Waals surface area (Å²) in [7, 11) is 0. The molecule has 4 aliphatic rings. The molecule has 4 amide bonds. The van der Waals surface area contributed by atoms with Crippen LogP contribution in [0.15, 0.2) is 48.5 Å². The van der Waals surface area contributed by atoms with Gasteiger partial charge in [0.1, 0.15) is 11.8 Å². The van der Waals surface area contributed by atoms with Crippen LogP contribution in [0.3, 0.4) is 0 Å². The van der Waals surface area contributed by atoms with Gasteiger partial charge >= 0.3 is 0 Å². The van der Waals surface area contributed by atoms with Gasteiger partial charge in [0.05, 0.1) is 30.7 Å². The number of benzene rings is 2. The lowest BCUT2D eigenvalue weighted by molar-refractivity contribution is -0.138. The van der Waals surface area contributed by atoms with Crippen molar-refractivity contribution in [3.8, 4) is 11.8 Å². The average Bonchev–Trinajstić information content (AvgIpc) is 3.64. The molecule has 0 bridgehead atoms. The number of piperidine rings is 2. The molecule has 0 spiro atoms. The molecule has 6 rings (SSSR count). The minimum atomic E-state index is -0.662. The van der Waals surface area contributed by atoms with Gasteiger partial charge in [-0.15, -0.1) is 0 Å². The van der Waals surface area contributed by atoms with Crippen molar-refractivity contribution in [1.82, 2.24) is 20.0 Å². The third-order valence-corrected chi connectivity index (χ3v) is 9.50. The van der Waals surface area contributed by atoms with E-state index in [0.29, 0.717) is 50.3 Å². The van der Waals surface area contributed by atoms with Crippen LogP contribution in [-0.2, 0) is 26.3 Å². The van der Waals surface area contributed by atoms with Gasteiger partial charge in [0.2, 0.25) is 17.7 Å². The number of rotatable bonds is 8. The van der Waals surface area contributed by atoms with Crippen molar-refractivity contribution >= 4 is 23.6 Å². The highest BCUT2D eigenvalue weighted by atomic mass is 16.5. The first-order chi connectivity index (χ1) is 20.9. The van der Waals surface area contributed by atoms with Gasteiger partial charge in [0, 0.05) is 37.2 Å². The molecule has 4 aliphatic heterocycles. The zero-order valence-corrected chi connectivity index (χ0v) is 24.3. The van der Waals surface area contributed by atoms with Gasteiger partial charge in [0.15, 0.2) is 0 Å². The molecule has 43 heavy (non-hydrogen) atoms. The maximum absolute atomic E-state index is 13.5. The van der Waals surface area contributed by atoms with Crippen LogP contribution in [0.25, 0.3) is 0 Å². The van der Waals surface area contributed by atoms with Crippen LogP contribution in [-0.4, -0.2) is 83.2 Å². The van der Waals surface area contributed by atoms with E-state index in [0.717, 1.165) is 43.5 Å². The number of nitrogens with one attached hydrogen (secondary N) is 1. The summed E-state index contributed by atoms with van der Waals surface area (Å²) in [5.41, 5.74) is 1.79. The Labute approximate surface area is 251 Å². The lowest BCUT2D eigenvalue weighted by Gasteiger charge is -2.39. The van der Waals surface area contributed by atoms with Gasteiger partial charge in [0.25, 0.3) is 5.91 Å². The maximum atomic E-state index is 13.5. The van der Waals surface area contributed by atoms with Gasteiger partial charge < -0.3 is 14.5 Å². The van der Waals surface area contributed by atoms with Crippen LogP contribution < -0.4 is 10.1 Å². The number of nitriles is 1. The van der Waals surface area contributed by atoms with Gasteiger partial charge in [-0.1, -0.05) is 36.4 Å². The third kappa shape index (κ3) is 5.62. The van der Waals surface area contributed by atoms with Gasteiger partial charge in [-0.3, -0.25) is 29.4 Å². The smallest absolute Gasteiger partial charge is 0.255 e. The summed E-state index contributed by atoms with van der Waals surface area (Å²) in [4.78, 5) is 56.3. The Hall–Kier alpha value is -4.23. The normalized spacial score (nSPS) is 23.6. The van der Waals surface area contributed by atoms with E-state index < -0.39 is 17.4 Å². The van der Waals surface area contributed by atoms with Crippen LogP contribution in [0.1, 0.15) is 66.4 Å². The predicted octanol–water partition coefficient (Wildman–Crippen LogP) is 2.76. The summed E-state index contributed by atoms with van der Waals surface area (Å²) < 4.78 is 6.14. The van der Waals surface area contributed by atoms with Crippen molar-refractivity contribution in [2.24, 2.45) is 0 Å². The minimum absolute atomic E-state index is 0.146. The van der Waals surface area contributed by atoms with E-state index in [1.807, 2.05) is 41.3 Å². The number of amides is 4. The highest BCUT2D eigenvalue weighted by Crippen LogP contribution is 2.36. The molecule has 2 aromatic rings. The molecule has 0 aliphatic carbocycles. The Morgan fingerprint density at radius 3 is 2.56 bits per heavy atom. The number of carbonyl (C=O) groups excluding carboxylic acids is 4. The molecule has 1 N–H and O–H groups in total. The summed E-state index contributed by atoms with van der Waals surface area (Å²) in [6, 6.07) is 17.0. The number of carbonyl (C=O) groups is 4. The Kier molecular flexibility index (Phi) is 8.17. The Bertz CT molecular complexity index is 1450. The Balaban J connectivity index is 1.01. The van der Waals surface area contributed by atoms with Crippen LogP contribution in [0, 0.1) is 11.3 Å². The molecule has 0 aromatic heterocycles. The Morgan fingerprint density at radius 2 is 1.81 bits per heavy atom. The second kappa shape index (κ2) is 12.2. The summed E-state index contributed by atoms with van der Waals surface area (Å²) in [6.07, 6.45) is 4.36. The fourth-order valence-electron chi connectivity index (χ4n) is 7.06. The fourth-order valence-corrected chi connectivity index (χ4v) is 7.06. The van der Waals surface area contributed by atoms with Crippen molar-refractivity contribution in [2.45, 2.75) is 69.0 Å². The van der Waals surface area contributed by atoms with Gasteiger partial charge in [-0.2, -0.15) is 5.26 Å². The quantitative estimate of drug-likeness (QED) is 0.375. The zero-order valence-electron chi connectivity index (χ0n) is 24.3. The molecule has 3 saturated heterocycles. The van der Waals surface area contributed by atoms with E-state index in [1.165, 1.54) is 4.90 Å². The number of fused-ring (bicyclic) bond motifs is 1. The molecule has 4 heterocycles. The van der Waals surface area contributed by atoms with Crippen molar-refractivity contribution in [3.05, 3.63) is 65.2 Å². The lowest BCUT2D eigenvalue weighted by atomic mass is 9.74. The highest BCUT2D eigenvalue weighted by Gasteiger charge is 2.42. The van der Waals surface area contributed by atoms with E-state index in [9.17, 15) is 24.4 Å². The third-order valence-electron chi connectivity index (χ3n) is 9.50. The molecule has 3 fully saturated rings. The number of hydrogen-bond acceptors (Lipinski definition) is 7. The maximum Gasteiger partial charge on any atom is 0.255 e. The summed E-state index contributed by atoms with van der Waals surface area (Å²) in [6.45, 7) is 3.47. The van der Waals surface area contributed by atoms with E-state index >= 15 is 0 Å². The molecule has 2 aromatic carbocycles. The van der Waals surface area contributed by atoms with Crippen LogP contribution >= 0.6 is 0 Å². The number of ether oxygens (including phenoxy) is 1. The average molecular weight is 584 g/mol. The first-order valence-corrected chi connectivity index (χ1v) is 15.3. The number of likely N-dealkylation sites (tertiary alicyclic amines) is 2. The van der Waals surface area contributed by atoms with Crippen molar-refractivity contribution in [2.75, 3.05) is 32.8 Å². The Morgan fingerprint density at radius 1 is 1.02 bits per heavy atom. The molecule has 0 saturated carbocycles. The zero-order chi connectivity index (χ0) is 30.0. The van der Waals surface area contributed by atoms with E-state index in [2.05, 4.69) is 16.3 Å². The topological polar surface area (TPSA) is 123 Å². The molecular weight excluding hydrogens is 546 g/mol. The van der Waals surface area contributed by atoms with E-state index in [1.54, 1.807) is 12.1 Å². The second-order valence-corrected chi connectivity index (χ2v) is 12.0. The molecule has 1 unspecified atom stereocenters. The van der Waals surface area contributed by atoms with E-state index in [-0.39, 0.29) is 36.7 Å². The van der Waals surface area contributed by atoms with Crippen molar-refractivity contribution in [1.29, 1.82) is 5.26 Å². The summed E-state index contributed by atoms with van der Waals surface area (Å²) >= 11 is 0. The van der Waals surface area contributed by atoms with Gasteiger partial charge in [-0.25, -0.2) is 0 Å².